The Balaban J connectivity index is 2.08. The van der Waals surface area contributed by atoms with Gasteiger partial charge in [0.25, 0.3) is 0 Å². The van der Waals surface area contributed by atoms with Gasteiger partial charge in [0.1, 0.15) is 0 Å². The van der Waals surface area contributed by atoms with Crippen molar-refractivity contribution in [3.63, 3.8) is 0 Å². The lowest BCUT2D eigenvalue weighted by Crippen LogP contribution is -2.31. The van der Waals surface area contributed by atoms with Crippen LogP contribution in [0.5, 0.6) is 0 Å². The van der Waals surface area contributed by atoms with Gasteiger partial charge in [0.15, 0.2) is 0 Å². The number of anilines is 1. The zero-order chi connectivity index (χ0) is 12.8. The summed E-state index contributed by atoms with van der Waals surface area (Å²) in [6.45, 7) is 5.13. The highest BCUT2D eigenvalue weighted by atomic mass is 16.5. The standard InChI is InChI=1S/C15H18N2O/c1-2-8-18-9-7-17-12-13(11-16)10-14-5-3-4-6-15(14)17/h3-6,10H,2,7-9,12H2,1H3. The molecule has 0 saturated carbocycles. The second-order valence-electron chi connectivity index (χ2n) is 4.37. The molecule has 0 fully saturated rings. The minimum atomic E-state index is 0.684. The first-order valence-electron chi connectivity index (χ1n) is 6.37. The van der Waals surface area contributed by atoms with Crippen molar-refractivity contribution < 1.29 is 4.74 Å². The zero-order valence-corrected chi connectivity index (χ0v) is 10.7. The maximum Gasteiger partial charge on any atom is 0.0966 e. The molecule has 1 aliphatic rings. The normalized spacial score (nSPS) is 13.8. The van der Waals surface area contributed by atoms with Gasteiger partial charge in [0.05, 0.1) is 19.2 Å². The Morgan fingerprint density at radius 3 is 2.94 bits per heavy atom. The van der Waals surface area contributed by atoms with Gasteiger partial charge in [-0.05, 0) is 24.1 Å². The minimum Gasteiger partial charge on any atom is -0.380 e. The molecule has 0 saturated heterocycles. The van der Waals surface area contributed by atoms with Crippen molar-refractivity contribution in [3.05, 3.63) is 35.4 Å². The Labute approximate surface area is 108 Å². The summed E-state index contributed by atoms with van der Waals surface area (Å²) in [6.07, 6.45) is 3.01. The quantitative estimate of drug-likeness (QED) is 0.745. The van der Waals surface area contributed by atoms with Crippen LogP contribution in [0.1, 0.15) is 18.9 Å². The van der Waals surface area contributed by atoms with E-state index in [2.05, 4.69) is 24.0 Å². The minimum absolute atomic E-state index is 0.684. The molecule has 1 heterocycles. The number of nitriles is 1. The summed E-state index contributed by atoms with van der Waals surface area (Å²) < 4.78 is 5.53. The molecule has 0 atom stereocenters. The van der Waals surface area contributed by atoms with Gasteiger partial charge >= 0.3 is 0 Å². The zero-order valence-electron chi connectivity index (χ0n) is 10.7. The third-order valence-corrected chi connectivity index (χ3v) is 2.97. The monoisotopic (exact) mass is 242 g/mol. The van der Waals surface area contributed by atoms with E-state index in [1.807, 2.05) is 24.3 Å². The molecule has 94 valence electrons. The summed E-state index contributed by atoms with van der Waals surface area (Å²) in [5.41, 5.74) is 3.12. The van der Waals surface area contributed by atoms with Gasteiger partial charge in [-0.25, -0.2) is 0 Å². The molecule has 3 heteroatoms. The Bertz CT molecular complexity index is 474. The van der Waals surface area contributed by atoms with Crippen molar-refractivity contribution in [3.8, 4) is 6.07 Å². The van der Waals surface area contributed by atoms with Gasteiger partial charge in [-0.1, -0.05) is 25.1 Å². The molecular formula is C15H18N2O. The summed E-state index contributed by atoms with van der Waals surface area (Å²) in [6, 6.07) is 10.4. The van der Waals surface area contributed by atoms with E-state index in [4.69, 9.17) is 10.00 Å². The van der Waals surface area contributed by atoms with Crippen LogP contribution in [0.25, 0.3) is 6.08 Å². The van der Waals surface area contributed by atoms with Crippen molar-refractivity contribution in [1.82, 2.24) is 0 Å². The average molecular weight is 242 g/mol. The first kappa shape index (κ1) is 12.7. The summed E-state index contributed by atoms with van der Waals surface area (Å²) >= 11 is 0. The third-order valence-electron chi connectivity index (χ3n) is 2.97. The highest BCUT2D eigenvalue weighted by molar-refractivity contribution is 5.75. The lowest BCUT2D eigenvalue weighted by molar-refractivity contribution is 0.141. The highest BCUT2D eigenvalue weighted by Gasteiger charge is 2.16. The van der Waals surface area contributed by atoms with Gasteiger partial charge in [-0.2, -0.15) is 5.26 Å². The van der Waals surface area contributed by atoms with Crippen molar-refractivity contribution in [2.45, 2.75) is 13.3 Å². The molecule has 0 spiro atoms. The number of hydrogen-bond donors (Lipinski definition) is 0. The van der Waals surface area contributed by atoms with Crippen molar-refractivity contribution in [2.75, 3.05) is 31.2 Å². The highest BCUT2D eigenvalue weighted by Crippen LogP contribution is 2.27. The lowest BCUT2D eigenvalue weighted by Gasteiger charge is -2.29. The number of benzene rings is 1. The van der Waals surface area contributed by atoms with Gasteiger partial charge in [0, 0.05) is 24.4 Å². The maximum absolute atomic E-state index is 9.07. The first-order chi connectivity index (χ1) is 8.85. The lowest BCUT2D eigenvalue weighted by atomic mass is 10.0. The summed E-state index contributed by atoms with van der Waals surface area (Å²) in [5.74, 6) is 0. The van der Waals surface area contributed by atoms with Crippen molar-refractivity contribution in [1.29, 1.82) is 5.26 Å². The van der Waals surface area contributed by atoms with E-state index in [1.165, 1.54) is 5.69 Å². The van der Waals surface area contributed by atoms with E-state index < -0.39 is 0 Å². The van der Waals surface area contributed by atoms with Crippen LogP contribution >= 0.6 is 0 Å². The van der Waals surface area contributed by atoms with Crippen LogP contribution in [0.4, 0.5) is 5.69 Å². The number of ether oxygens (including phenoxy) is 1. The molecule has 0 N–H and O–H groups in total. The van der Waals surface area contributed by atoms with E-state index >= 15 is 0 Å². The van der Waals surface area contributed by atoms with Crippen LogP contribution < -0.4 is 4.90 Å². The average Bonchev–Trinajstić information content (AvgIpc) is 2.43. The Hall–Kier alpha value is -1.79. The van der Waals surface area contributed by atoms with E-state index in [1.54, 1.807) is 0 Å². The van der Waals surface area contributed by atoms with Gasteiger partial charge in [-0.3, -0.25) is 0 Å². The molecule has 0 radical (unpaired) electrons. The summed E-state index contributed by atoms with van der Waals surface area (Å²) in [7, 11) is 0. The third kappa shape index (κ3) is 2.91. The molecular weight excluding hydrogens is 224 g/mol. The SMILES string of the molecule is CCCOCCN1CC(C#N)=Cc2ccccc21. The van der Waals surface area contributed by atoms with E-state index in [0.717, 1.165) is 30.7 Å². The second-order valence-corrected chi connectivity index (χ2v) is 4.37. The number of rotatable bonds is 5. The second kappa shape index (κ2) is 6.23. The number of para-hydroxylation sites is 1. The molecule has 1 aliphatic heterocycles. The molecule has 0 unspecified atom stereocenters. The molecule has 0 aromatic heterocycles. The van der Waals surface area contributed by atoms with Gasteiger partial charge in [-0.15, -0.1) is 0 Å². The van der Waals surface area contributed by atoms with Crippen LogP contribution in [0.3, 0.4) is 0 Å². The Morgan fingerprint density at radius 2 is 2.17 bits per heavy atom. The number of hydrogen-bond acceptors (Lipinski definition) is 3. The van der Waals surface area contributed by atoms with Crippen molar-refractivity contribution >= 4 is 11.8 Å². The van der Waals surface area contributed by atoms with Crippen LogP contribution in [0.2, 0.25) is 0 Å². The van der Waals surface area contributed by atoms with Crippen molar-refractivity contribution in [2.24, 2.45) is 0 Å². The molecule has 0 bridgehead atoms. The van der Waals surface area contributed by atoms with Crippen LogP contribution in [0.15, 0.2) is 29.8 Å². The molecule has 18 heavy (non-hydrogen) atoms. The van der Waals surface area contributed by atoms with Crippen LogP contribution in [-0.2, 0) is 4.74 Å². The Kier molecular flexibility index (Phi) is 4.38. The molecule has 1 aromatic rings. The maximum atomic E-state index is 9.07. The first-order valence-corrected chi connectivity index (χ1v) is 6.37. The van der Waals surface area contributed by atoms with Crippen LogP contribution in [-0.4, -0.2) is 26.3 Å². The largest absolute Gasteiger partial charge is 0.380 e. The number of fused-ring (bicyclic) bond motifs is 1. The fourth-order valence-electron chi connectivity index (χ4n) is 2.11. The summed E-state index contributed by atoms with van der Waals surface area (Å²) in [5, 5.41) is 9.07. The molecule has 0 amide bonds. The Morgan fingerprint density at radius 1 is 1.33 bits per heavy atom. The van der Waals surface area contributed by atoms with E-state index in [0.29, 0.717) is 13.2 Å². The molecule has 3 nitrogen and oxygen atoms in total. The molecule has 0 aliphatic carbocycles. The van der Waals surface area contributed by atoms with E-state index in [9.17, 15) is 0 Å². The van der Waals surface area contributed by atoms with Gasteiger partial charge < -0.3 is 9.64 Å². The summed E-state index contributed by atoms with van der Waals surface area (Å²) in [4.78, 5) is 2.21. The van der Waals surface area contributed by atoms with E-state index in [-0.39, 0.29) is 0 Å². The number of nitrogens with zero attached hydrogens (tertiary/aromatic N) is 2. The van der Waals surface area contributed by atoms with Gasteiger partial charge in [0.2, 0.25) is 0 Å². The molecule has 1 aromatic carbocycles. The topological polar surface area (TPSA) is 36.3 Å². The molecule has 2 rings (SSSR count). The smallest absolute Gasteiger partial charge is 0.0966 e. The predicted molar refractivity (Wildman–Crippen MR) is 73.4 cm³/mol. The fourth-order valence-corrected chi connectivity index (χ4v) is 2.11. The predicted octanol–water partition coefficient (Wildman–Crippen LogP) is 2.84. The van der Waals surface area contributed by atoms with Crippen LogP contribution in [0, 0.1) is 11.3 Å². The fraction of sp³-hybridized carbons (Fsp3) is 0.400.